The predicted molar refractivity (Wildman–Crippen MR) is 130 cm³/mol. The molecule has 3 unspecified atom stereocenters. The van der Waals surface area contributed by atoms with Crippen LogP contribution in [0.3, 0.4) is 0 Å². The molecule has 2 N–H and O–H groups in total. The number of aliphatic carboxylic acids is 1. The van der Waals surface area contributed by atoms with Crippen LogP contribution in [0.1, 0.15) is 55.0 Å². The lowest BCUT2D eigenvalue weighted by molar-refractivity contribution is -0.141. The molecule has 0 radical (unpaired) electrons. The molecule has 34 heavy (non-hydrogen) atoms. The molecule has 3 aliphatic rings. The van der Waals surface area contributed by atoms with Crippen molar-refractivity contribution in [1.29, 1.82) is 0 Å². The number of likely N-dealkylation sites (tertiary alicyclic amines) is 1. The van der Waals surface area contributed by atoms with Crippen LogP contribution in [0.15, 0.2) is 60.7 Å². The fraction of sp³-hybridized carbons (Fsp3) is 0.357. The quantitative estimate of drug-likeness (QED) is 0.616. The van der Waals surface area contributed by atoms with E-state index in [2.05, 4.69) is 29.2 Å². The van der Waals surface area contributed by atoms with E-state index in [1.54, 1.807) is 6.92 Å². The van der Waals surface area contributed by atoms with Gasteiger partial charge in [-0.1, -0.05) is 54.6 Å². The first kappa shape index (κ1) is 21.3. The van der Waals surface area contributed by atoms with Gasteiger partial charge in [-0.15, -0.1) is 0 Å². The van der Waals surface area contributed by atoms with Gasteiger partial charge in [0.1, 0.15) is 0 Å². The average Bonchev–Trinajstić information content (AvgIpc) is 3.24. The summed E-state index contributed by atoms with van der Waals surface area (Å²) in [6, 6.07) is 19.9. The Bertz CT molecular complexity index is 1310. The van der Waals surface area contributed by atoms with Crippen LogP contribution in [-0.4, -0.2) is 46.1 Å². The van der Waals surface area contributed by atoms with E-state index >= 15 is 0 Å². The van der Waals surface area contributed by atoms with Crippen LogP contribution < -0.4 is 4.90 Å². The maximum atomic E-state index is 13.6. The van der Waals surface area contributed by atoms with Crippen LogP contribution in [0.2, 0.25) is 0 Å². The van der Waals surface area contributed by atoms with Crippen LogP contribution in [0, 0.1) is 0 Å². The standard InChI is InChI=1S/C28H28N2O4/c1-28(16-23(31)32)21-10-2-3-11-22(21)30(27(28)34)18-12-14-29(15-13-18)25-19-8-4-6-17-7-5-9-20(24(17)19)26(25)33/h2-11,18,25-26,33H,12-16H2,1H3,(H,31,32). The molecule has 0 aromatic heterocycles. The van der Waals surface area contributed by atoms with Crippen molar-refractivity contribution >= 4 is 28.3 Å². The molecule has 1 aliphatic carbocycles. The molecule has 0 spiro atoms. The normalized spacial score (nSPS) is 26.9. The van der Waals surface area contributed by atoms with E-state index in [0.29, 0.717) is 0 Å². The third kappa shape index (κ3) is 2.95. The monoisotopic (exact) mass is 456 g/mol. The summed E-state index contributed by atoms with van der Waals surface area (Å²) in [5, 5.41) is 23.0. The van der Waals surface area contributed by atoms with Gasteiger partial charge in [0, 0.05) is 24.8 Å². The van der Waals surface area contributed by atoms with Gasteiger partial charge < -0.3 is 15.1 Å². The molecule has 1 saturated heterocycles. The summed E-state index contributed by atoms with van der Waals surface area (Å²) in [5.74, 6) is -1.08. The lowest BCUT2D eigenvalue weighted by Crippen LogP contribution is -2.50. The first-order chi connectivity index (χ1) is 16.4. The highest BCUT2D eigenvalue weighted by molar-refractivity contribution is 6.09. The van der Waals surface area contributed by atoms with Crippen LogP contribution in [0.4, 0.5) is 5.69 Å². The maximum Gasteiger partial charge on any atom is 0.304 e. The summed E-state index contributed by atoms with van der Waals surface area (Å²) in [6.45, 7) is 3.28. The van der Waals surface area contributed by atoms with Crippen molar-refractivity contribution < 1.29 is 19.8 Å². The van der Waals surface area contributed by atoms with Crippen molar-refractivity contribution in [2.45, 2.75) is 49.8 Å². The van der Waals surface area contributed by atoms with Gasteiger partial charge in [0.25, 0.3) is 0 Å². The summed E-state index contributed by atoms with van der Waals surface area (Å²) >= 11 is 0. The minimum atomic E-state index is -1.04. The molecular formula is C28H28N2O4. The molecule has 174 valence electrons. The van der Waals surface area contributed by atoms with Crippen molar-refractivity contribution in [3.05, 3.63) is 77.4 Å². The highest BCUT2D eigenvalue weighted by atomic mass is 16.4. The zero-order valence-electron chi connectivity index (χ0n) is 19.1. The third-order valence-corrected chi connectivity index (χ3v) is 8.12. The fourth-order valence-electron chi connectivity index (χ4n) is 6.53. The topological polar surface area (TPSA) is 81.1 Å². The number of hydrogen-bond donors (Lipinski definition) is 2. The van der Waals surface area contributed by atoms with E-state index in [4.69, 9.17) is 0 Å². The molecule has 3 atom stereocenters. The Labute approximate surface area is 198 Å². The predicted octanol–water partition coefficient (Wildman–Crippen LogP) is 4.17. The Morgan fingerprint density at radius 3 is 2.38 bits per heavy atom. The number of aliphatic hydroxyl groups excluding tert-OH is 1. The number of para-hydroxylation sites is 1. The van der Waals surface area contributed by atoms with Gasteiger partial charge >= 0.3 is 5.97 Å². The summed E-state index contributed by atoms with van der Waals surface area (Å²) in [5.41, 5.74) is 2.77. The minimum Gasteiger partial charge on any atom is -0.481 e. The molecule has 1 fully saturated rings. The number of rotatable bonds is 4. The van der Waals surface area contributed by atoms with Crippen molar-refractivity contribution in [2.24, 2.45) is 0 Å². The fourth-order valence-corrected chi connectivity index (χ4v) is 6.53. The number of piperidine rings is 1. The van der Waals surface area contributed by atoms with Crippen LogP contribution in [-0.2, 0) is 15.0 Å². The lowest BCUT2D eigenvalue weighted by atomic mass is 9.80. The molecular weight excluding hydrogens is 428 g/mol. The number of benzene rings is 3. The molecule has 0 bridgehead atoms. The van der Waals surface area contributed by atoms with Crippen molar-refractivity contribution in [3.8, 4) is 0 Å². The van der Waals surface area contributed by atoms with Gasteiger partial charge in [-0.25, -0.2) is 0 Å². The van der Waals surface area contributed by atoms with Gasteiger partial charge in [0.2, 0.25) is 5.91 Å². The molecule has 6 nitrogen and oxygen atoms in total. The zero-order valence-corrected chi connectivity index (χ0v) is 19.1. The molecule has 3 aromatic rings. The zero-order chi connectivity index (χ0) is 23.6. The Hall–Kier alpha value is -3.22. The number of amides is 1. The van der Waals surface area contributed by atoms with Crippen LogP contribution in [0.25, 0.3) is 10.8 Å². The largest absolute Gasteiger partial charge is 0.481 e. The van der Waals surface area contributed by atoms with Crippen LogP contribution >= 0.6 is 0 Å². The lowest BCUT2D eigenvalue weighted by Gasteiger charge is -2.41. The number of carbonyl (C=O) groups is 2. The SMILES string of the molecule is CC1(CC(=O)O)C(=O)N(C2CCN(C3c4cccc5cccc(c45)C3O)CC2)c2ccccc21. The molecule has 6 heteroatoms. The first-order valence-electron chi connectivity index (χ1n) is 12.0. The number of anilines is 1. The second kappa shape index (κ2) is 7.65. The molecule has 2 heterocycles. The summed E-state index contributed by atoms with van der Waals surface area (Å²) in [4.78, 5) is 29.4. The van der Waals surface area contributed by atoms with Crippen molar-refractivity contribution in [1.82, 2.24) is 4.90 Å². The number of hydrogen-bond acceptors (Lipinski definition) is 4. The molecule has 3 aromatic carbocycles. The van der Waals surface area contributed by atoms with Crippen molar-refractivity contribution in [3.63, 3.8) is 0 Å². The molecule has 2 aliphatic heterocycles. The maximum absolute atomic E-state index is 13.6. The summed E-state index contributed by atoms with van der Waals surface area (Å²) in [6.07, 6.45) is 0.775. The molecule has 0 saturated carbocycles. The second-order valence-corrected chi connectivity index (χ2v) is 10.0. The van der Waals surface area contributed by atoms with Gasteiger partial charge in [-0.3, -0.25) is 14.5 Å². The van der Waals surface area contributed by atoms with Gasteiger partial charge in [-0.2, -0.15) is 0 Å². The van der Waals surface area contributed by atoms with E-state index in [-0.39, 0.29) is 24.4 Å². The number of aliphatic hydroxyl groups is 1. The van der Waals surface area contributed by atoms with Gasteiger partial charge in [0.15, 0.2) is 0 Å². The smallest absolute Gasteiger partial charge is 0.304 e. The van der Waals surface area contributed by atoms with E-state index in [9.17, 15) is 19.8 Å². The Morgan fingerprint density at radius 2 is 1.68 bits per heavy atom. The second-order valence-electron chi connectivity index (χ2n) is 10.0. The Kier molecular flexibility index (Phi) is 4.80. The van der Waals surface area contributed by atoms with E-state index in [0.717, 1.165) is 53.5 Å². The Morgan fingerprint density at radius 1 is 1.00 bits per heavy atom. The van der Waals surface area contributed by atoms with E-state index in [1.807, 2.05) is 41.3 Å². The van der Waals surface area contributed by atoms with E-state index in [1.165, 1.54) is 5.56 Å². The highest BCUT2D eigenvalue weighted by Gasteiger charge is 2.51. The van der Waals surface area contributed by atoms with Gasteiger partial charge in [0.05, 0.1) is 24.0 Å². The number of nitrogens with zero attached hydrogens (tertiary/aromatic N) is 2. The highest BCUT2D eigenvalue weighted by Crippen LogP contribution is 2.49. The molecule has 6 rings (SSSR count). The number of carboxylic acid groups (broad SMARTS) is 1. The third-order valence-electron chi connectivity index (χ3n) is 8.12. The molecule has 1 amide bonds. The van der Waals surface area contributed by atoms with Gasteiger partial charge in [-0.05, 0) is 53.3 Å². The van der Waals surface area contributed by atoms with Crippen LogP contribution in [0.5, 0.6) is 0 Å². The number of carbonyl (C=O) groups excluding carboxylic acids is 1. The van der Waals surface area contributed by atoms with Crippen molar-refractivity contribution in [2.75, 3.05) is 18.0 Å². The summed E-state index contributed by atoms with van der Waals surface area (Å²) < 4.78 is 0. The number of carboxylic acids is 1. The Balaban J connectivity index is 1.26. The summed E-state index contributed by atoms with van der Waals surface area (Å²) in [7, 11) is 0. The number of fused-ring (bicyclic) bond motifs is 1. The van der Waals surface area contributed by atoms with E-state index < -0.39 is 17.5 Å². The first-order valence-corrected chi connectivity index (χ1v) is 12.0. The minimum absolute atomic E-state index is 0.0113. The average molecular weight is 457 g/mol.